The third-order valence-corrected chi connectivity index (χ3v) is 10.2. The van der Waals surface area contributed by atoms with Crippen molar-refractivity contribution in [2.75, 3.05) is 36.4 Å². The molecule has 2 aromatic rings. The molecule has 5 nitrogen and oxygen atoms in total. The summed E-state index contributed by atoms with van der Waals surface area (Å²) in [6, 6.07) is 7.54. The van der Waals surface area contributed by atoms with Crippen molar-refractivity contribution in [2.45, 2.75) is 102 Å². The summed E-state index contributed by atoms with van der Waals surface area (Å²) < 4.78 is 0. The van der Waals surface area contributed by atoms with Crippen LogP contribution in [0.1, 0.15) is 83.8 Å². The topological polar surface area (TPSA) is 44.3 Å². The first-order valence-corrected chi connectivity index (χ1v) is 15.6. The minimum Gasteiger partial charge on any atom is -0.356 e. The molecule has 1 saturated carbocycles. The van der Waals surface area contributed by atoms with Crippen LogP contribution in [0, 0.1) is 18.3 Å². The Labute approximate surface area is 229 Å². The van der Waals surface area contributed by atoms with Gasteiger partial charge in [0.05, 0.1) is 0 Å². The average molecular weight is 522 g/mol. The SMILES string of the molecule is CCCc1cnc(Nc2ccc(SC3CC4(CCN(C(C)C)CC4)C3)cc2C)nc1N1CCCC(C)C1. The number of piperidine rings is 2. The number of aryl methyl sites for hydroxylation is 2. The summed E-state index contributed by atoms with van der Waals surface area (Å²) in [7, 11) is 0. The first-order valence-electron chi connectivity index (χ1n) is 14.7. The van der Waals surface area contributed by atoms with Gasteiger partial charge in [-0.3, -0.25) is 0 Å². The molecular formula is C31H47N5S. The molecule has 0 radical (unpaired) electrons. The molecule has 2 aliphatic heterocycles. The number of likely N-dealkylation sites (tertiary alicyclic amines) is 1. The van der Waals surface area contributed by atoms with Gasteiger partial charge in [-0.25, -0.2) is 4.98 Å². The molecule has 202 valence electrons. The van der Waals surface area contributed by atoms with Crippen molar-refractivity contribution in [2.24, 2.45) is 11.3 Å². The molecule has 37 heavy (non-hydrogen) atoms. The van der Waals surface area contributed by atoms with E-state index in [1.807, 2.05) is 6.20 Å². The Morgan fingerprint density at radius 2 is 1.95 bits per heavy atom. The Bertz CT molecular complexity index is 1050. The highest BCUT2D eigenvalue weighted by Gasteiger charge is 2.46. The molecule has 5 rings (SSSR count). The Morgan fingerprint density at radius 1 is 1.16 bits per heavy atom. The maximum atomic E-state index is 5.04. The van der Waals surface area contributed by atoms with Gasteiger partial charge in [-0.2, -0.15) is 4.98 Å². The summed E-state index contributed by atoms with van der Waals surface area (Å²) in [5.74, 6) is 2.57. The molecule has 1 spiro atoms. The van der Waals surface area contributed by atoms with E-state index in [1.165, 1.54) is 67.6 Å². The molecular weight excluding hydrogens is 474 g/mol. The first-order chi connectivity index (χ1) is 17.8. The van der Waals surface area contributed by atoms with E-state index in [-0.39, 0.29) is 0 Å². The standard InChI is InChI=1S/C31H47N5S/c1-6-8-25-20-32-30(34-29(25)36-14-7-9-23(4)21-36)33-28-11-10-26(17-24(28)5)37-27-18-31(19-27)12-15-35(16-13-31)22(2)3/h10-11,17,20,22-23,27H,6-9,12-16,18-19,21H2,1-5H3,(H,32,33,34). The van der Waals surface area contributed by atoms with E-state index in [9.17, 15) is 0 Å². The fourth-order valence-corrected chi connectivity index (χ4v) is 8.28. The molecule has 3 fully saturated rings. The molecule has 1 unspecified atom stereocenters. The van der Waals surface area contributed by atoms with Crippen LogP contribution in [-0.2, 0) is 6.42 Å². The van der Waals surface area contributed by atoms with Crippen LogP contribution in [0.25, 0.3) is 0 Å². The number of benzene rings is 1. The summed E-state index contributed by atoms with van der Waals surface area (Å²) in [5, 5.41) is 4.31. The molecule has 1 N–H and O–H groups in total. The van der Waals surface area contributed by atoms with E-state index in [0.29, 0.717) is 17.4 Å². The van der Waals surface area contributed by atoms with E-state index in [4.69, 9.17) is 9.97 Å². The van der Waals surface area contributed by atoms with Crippen LogP contribution in [0.2, 0.25) is 0 Å². The highest BCUT2D eigenvalue weighted by atomic mass is 32.2. The highest BCUT2D eigenvalue weighted by molar-refractivity contribution is 8.00. The molecule has 3 heterocycles. The van der Waals surface area contributed by atoms with Gasteiger partial charge < -0.3 is 15.1 Å². The smallest absolute Gasteiger partial charge is 0.229 e. The zero-order valence-electron chi connectivity index (χ0n) is 23.7. The van der Waals surface area contributed by atoms with E-state index < -0.39 is 0 Å². The van der Waals surface area contributed by atoms with Crippen molar-refractivity contribution in [1.29, 1.82) is 0 Å². The Kier molecular flexibility index (Phi) is 8.35. The predicted octanol–water partition coefficient (Wildman–Crippen LogP) is 7.46. The maximum Gasteiger partial charge on any atom is 0.229 e. The second kappa shape index (κ2) is 11.5. The van der Waals surface area contributed by atoms with Crippen LogP contribution in [0.15, 0.2) is 29.3 Å². The maximum absolute atomic E-state index is 5.04. The summed E-state index contributed by atoms with van der Waals surface area (Å²) >= 11 is 2.08. The number of nitrogens with one attached hydrogen (secondary N) is 1. The molecule has 0 amide bonds. The lowest BCUT2D eigenvalue weighted by atomic mass is 9.63. The minimum absolute atomic E-state index is 0.630. The van der Waals surface area contributed by atoms with Gasteiger partial charge in [0.25, 0.3) is 0 Å². The third-order valence-electron chi connectivity index (χ3n) is 8.98. The van der Waals surface area contributed by atoms with Gasteiger partial charge in [0.1, 0.15) is 5.82 Å². The third kappa shape index (κ3) is 6.27. The van der Waals surface area contributed by atoms with Crippen LogP contribution in [0.3, 0.4) is 0 Å². The molecule has 1 aromatic heterocycles. The number of thioether (sulfide) groups is 1. The van der Waals surface area contributed by atoms with E-state index in [0.717, 1.165) is 48.6 Å². The van der Waals surface area contributed by atoms with Gasteiger partial charge in [0.2, 0.25) is 5.95 Å². The molecule has 1 aromatic carbocycles. The lowest BCUT2D eigenvalue weighted by Crippen LogP contribution is -2.49. The lowest BCUT2D eigenvalue weighted by molar-refractivity contribution is 0.0267. The van der Waals surface area contributed by atoms with E-state index in [2.05, 4.69) is 79.7 Å². The number of rotatable bonds is 8. The fourth-order valence-electron chi connectivity index (χ4n) is 6.63. The van der Waals surface area contributed by atoms with Crippen molar-refractivity contribution in [3.8, 4) is 0 Å². The first kappa shape index (κ1) is 26.8. The minimum atomic E-state index is 0.630. The second-order valence-electron chi connectivity index (χ2n) is 12.4. The van der Waals surface area contributed by atoms with Crippen LogP contribution >= 0.6 is 11.8 Å². The summed E-state index contributed by atoms with van der Waals surface area (Å²) in [6.07, 6.45) is 12.3. The zero-order chi connectivity index (χ0) is 26.0. The van der Waals surface area contributed by atoms with Crippen molar-refractivity contribution in [3.63, 3.8) is 0 Å². The predicted molar refractivity (Wildman–Crippen MR) is 158 cm³/mol. The molecule has 2 saturated heterocycles. The van der Waals surface area contributed by atoms with Crippen LogP contribution in [0.5, 0.6) is 0 Å². The van der Waals surface area contributed by atoms with E-state index in [1.54, 1.807) is 0 Å². The Balaban J connectivity index is 1.20. The lowest BCUT2D eigenvalue weighted by Gasteiger charge is -2.52. The summed E-state index contributed by atoms with van der Waals surface area (Å²) in [5.41, 5.74) is 4.28. The monoisotopic (exact) mass is 521 g/mol. The molecule has 1 aliphatic carbocycles. The molecule has 1 atom stereocenters. The summed E-state index contributed by atoms with van der Waals surface area (Å²) in [4.78, 5) is 16.3. The van der Waals surface area contributed by atoms with Gasteiger partial charge in [0.15, 0.2) is 0 Å². The van der Waals surface area contributed by atoms with Gasteiger partial charge in [-0.1, -0.05) is 20.3 Å². The Hall–Kier alpha value is -1.79. The molecule has 6 heteroatoms. The fraction of sp³-hybridized carbons (Fsp3) is 0.677. The molecule has 0 bridgehead atoms. The largest absolute Gasteiger partial charge is 0.356 e. The van der Waals surface area contributed by atoms with Gasteiger partial charge >= 0.3 is 0 Å². The van der Waals surface area contributed by atoms with Crippen molar-refractivity contribution in [3.05, 3.63) is 35.5 Å². The normalized spacial score (nSPS) is 22.4. The second-order valence-corrected chi connectivity index (χ2v) is 13.7. The summed E-state index contributed by atoms with van der Waals surface area (Å²) in [6.45, 7) is 16.2. The van der Waals surface area contributed by atoms with Gasteiger partial charge in [0, 0.05) is 46.7 Å². The molecule has 3 aliphatic rings. The number of hydrogen-bond donors (Lipinski definition) is 1. The van der Waals surface area contributed by atoms with Crippen LogP contribution in [-0.4, -0.2) is 52.3 Å². The average Bonchev–Trinajstić information content (AvgIpc) is 2.86. The number of anilines is 3. The highest BCUT2D eigenvalue weighted by Crippen LogP contribution is 2.55. The van der Waals surface area contributed by atoms with Crippen LogP contribution in [0.4, 0.5) is 17.5 Å². The number of aromatic nitrogens is 2. The quantitative estimate of drug-likeness (QED) is 0.389. The Morgan fingerprint density at radius 3 is 2.62 bits per heavy atom. The van der Waals surface area contributed by atoms with Crippen molar-refractivity contribution >= 4 is 29.2 Å². The van der Waals surface area contributed by atoms with Gasteiger partial charge in [-0.15, -0.1) is 11.8 Å². The van der Waals surface area contributed by atoms with E-state index >= 15 is 0 Å². The van der Waals surface area contributed by atoms with Crippen molar-refractivity contribution in [1.82, 2.24) is 14.9 Å². The number of hydrogen-bond acceptors (Lipinski definition) is 6. The van der Waals surface area contributed by atoms with Crippen LogP contribution < -0.4 is 10.2 Å². The van der Waals surface area contributed by atoms with Crippen molar-refractivity contribution < 1.29 is 0 Å². The number of nitrogens with zero attached hydrogens (tertiary/aromatic N) is 4. The van der Waals surface area contributed by atoms with Gasteiger partial charge in [-0.05, 0) is 114 Å². The zero-order valence-corrected chi connectivity index (χ0v) is 24.5.